The summed E-state index contributed by atoms with van der Waals surface area (Å²) in [5, 5.41) is 11.2. The summed E-state index contributed by atoms with van der Waals surface area (Å²) in [6.45, 7) is 0. The zero-order valence-corrected chi connectivity index (χ0v) is 9.33. The fourth-order valence-electron chi connectivity index (χ4n) is 1.87. The first-order chi connectivity index (χ1) is 7.88. The zero-order valence-electron chi connectivity index (χ0n) is 8.51. The van der Waals surface area contributed by atoms with Crippen molar-refractivity contribution in [3.05, 3.63) is 42.5 Å². The average Bonchev–Trinajstić information content (AvgIpc) is 2.68. The summed E-state index contributed by atoms with van der Waals surface area (Å²) in [7, 11) is -0.284. The molecule has 0 amide bonds. The molecule has 0 aliphatic carbocycles. The minimum Gasteiger partial charge on any atom is -0.539 e. The second kappa shape index (κ2) is 3.81. The van der Waals surface area contributed by atoms with Gasteiger partial charge in [-0.3, -0.25) is 0 Å². The van der Waals surface area contributed by atoms with Crippen molar-refractivity contribution < 1.29 is 9.68 Å². The maximum Gasteiger partial charge on any atom is 0.504 e. The van der Waals surface area contributed by atoms with Crippen molar-refractivity contribution in [2.24, 2.45) is 0 Å². The van der Waals surface area contributed by atoms with Gasteiger partial charge in [-0.25, -0.2) is 0 Å². The Morgan fingerprint density at radius 3 is 2.69 bits per heavy atom. The standard InChI is InChI=1S/C12H9BO2S/c14-13-15-8-5-6-12-10(7-8)9-3-1-2-4-11(9)16-12/h1-7,13-14H. The molecule has 0 unspecified atom stereocenters. The summed E-state index contributed by atoms with van der Waals surface area (Å²) < 4.78 is 7.61. The van der Waals surface area contributed by atoms with Crippen LogP contribution in [0.15, 0.2) is 42.5 Å². The Balaban J connectivity index is 2.31. The largest absolute Gasteiger partial charge is 0.539 e. The van der Waals surface area contributed by atoms with Crippen LogP contribution in [-0.4, -0.2) is 12.7 Å². The minimum absolute atomic E-state index is 0.284. The first-order valence-corrected chi connectivity index (χ1v) is 5.85. The fraction of sp³-hybridized carbons (Fsp3) is 0. The van der Waals surface area contributed by atoms with E-state index >= 15 is 0 Å². The van der Waals surface area contributed by atoms with Gasteiger partial charge in [0.1, 0.15) is 5.75 Å². The van der Waals surface area contributed by atoms with E-state index in [1.807, 2.05) is 30.3 Å². The number of fused-ring (bicyclic) bond motifs is 3. The minimum atomic E-state index is -0.284. The van der Waals surface area contributed by atoms with E-state index in [2.05, 4.69) is 12.1 Å². The maximum atomic E-state index is 8.74. The van der Waals surface area contributed by atoms with Gasteiger partial charge in [0.15, 0.2) is 0 Å². The van der Waals surface area contributed by atoms with E-state index in [9.17, 15) is 0 Å². The molecule has 0 bridgehead atoms. The summed E-state index contributed by atoms with van der Waals surface area (Å²) in [6, 6.07) is 14.2. The second-order valence-electron chi connectivity index (χ2n) is 3.53. The number of thiophene rings is 1. The van der Waals surface area contributed by atoms with Crippen molar-refractivity contribution in [1.29, 1.82) is 0 Å². The Hall–Kier alpha value is -1.52. The summed E-state index contributed by atoms with van der Waals surface area (Å²) in [5.41, 5.74) is 0. The summed E-state index contributed by atoms with van der Waals surface area (Å²) >= 11 is 1.77. The smallest absolute Gasteiger partial charge is 0.504 e. The molecule has 2 nitrogen and oxygen atoms in total. The van der Waals surface area contributed by atoms with Crippen molar-refractivity contribution in [2.45, 2.75) is 0 Å². The van der Waals surface area contributed by atoms with Crippen LogP contribution >= 0.6 is 11.3 Å². The van der Waals surface area contributed by atoms with Gasteiger partial charge in [0.2, 0.25) is 0 Å². The molecule has 0 aliphatic rings. The summed E-state index contributed by atoms with van der Waals surface area (Å²) in [5.74, 6) is 0.707. The van der Waals surface area contributed by atoms with Gasteiger partial charge in [0, 0.05) is 20.2 Å². The Bertz CT molecular complexity index is 648. The second-order valence-corrected chi connectivity index (χ2v) is 4.61. The third-order valence-corrected chi connectivity index (χ3v) is 3.73. The van der Waals surface area contributed by atoms with E-state index in [4.69, 9.17) is 9.68 Å². The van der Waals surface area contributed by atoms with Crippen molar-refractivity contribution in [3.63, 3.8) is 0 Å². The van der Waals surface area contributed by atoms with Gasteiger partial charge in [-0.05, 0) is 24.3 Å². The van der Waals surface area contributed by atoms with Crippen molar-refractivity contribution in [2.75, 3.05) is 0 Å². The SMILES string of the molecule is OBOc1ccc2sc3ccccc3c2c1. The molecule has 3 aromatic rings. The highest BCUT2D eigenvalue weighted by Crippen LogP contribution is 2.35. The van der Waals surface area contributed by atoms with Crippen LogP contribution in [0, 0.1) is 0 Å². The van der Waals surface area contributed by atoms with Crippen LogP contribution in [0.3, 0.4) is 0 Å². The first kappa shape index (κ1) is 9.69. The van der Waals surface area contributed by atoms with Crippen LogP contribution in [0.4, 0.5) is 0 Å². The lowest BCUT2D eigenvalue weighted by atomic mass is 10.1. The number of benzene rings is 2. The van der Waals surface area contributed by atoms with Crippen LogP contribution in [0.2, 0.25) is 0 Å². The first-order valence-electron chi connectivity index (χ1n) is 5.03. The Morgan fingerprint density at radius 1 is 1.00 bits per heavy atom. The molecule has 16 heavy (non-hydrogen) atoms. The highest BCUT2D eigenvalue weighted by atomic mass is 32.1. The third-order valence-electron chi connectivity index (χ3n) is 2.58. The van der Waals surface area contributed by atoms with E-state index in [0.29, 0.717) is 5.75 Å². The van der Waals surface area contributed by atoms with Crippen LogP contribution in [0.5, 0.6) is 5.75 Å². The molecule has 3 rings (SSSR count). The molecule has 0 aliphatic heterocycles. The molecule has 1 aromatic heterocycles. The average molecular weight is 228 g/mol. The molecule has 1 heterocycles. The van der Waals surface area contributed by atoms with E-state index in [0.717, 1.165) is 0 Å². The monoisotopic (exact) mass is 228 g/mol. The molecule has 0 saturated heterocycles. The van der Waals surface area contributed by atoms with Gasteiger partial charge in [-0.2, -0.15) is 0 Å². The predicted octanol–water partition coefficient (Wildman–Crippen LogP) is 2.69. The van der Waals surface area contributed by atoms with E-state index < -0.39 is 0 Å². The molecule has 0 radical (unpaired) electrons. The number of hydrogen-bond acceptors (Lipinski definition) is 3. The lowest BCUT2D eigenvalue weighted by Crippen LogP contribution is -1.98. The molecular weight excluding hydrogens is 219 g/mol. The molecule has 0 fully saturated rings. The van der Waals surface area contributed by atoms with Crippen LogP contribution in [0.25, 0.3) is 20.2 Å². The normalized spacial score (nSPS) is 10.8. The van der Waals surface area contributed by atoms with Gasteiger partial charge in [-0.15, -0.1) is 11.3 Å². The van der Waals surface area contributed by atoms with Gasteiger partial charge in [0.25, 0.3) is 0 Å². The predicted molar refractivity (Wildman–Crippen MR) is 69.3 cm³/mol. The molecule has 0 spiro atoms. The fourth-order valence-corrected chi connectivity index (χ4v) is 2.96. The highest BCUT2D eigenvalue weighted by Gasteiger charge is 2.05. The summed E-state index contributed by atoms with van der Waals surface area (Å²) in [4.78, 5) is 0. The molecule has 1 N–H and O–H groups in total. The number of hydrogen-bond donors (Lipinski definition) is 1. The Kier molecular flexibility index (Phi) is 2.31. The van der Waals surface area contributed by atoms with Crippen LogP contribution < -0.4 is 4.65 Å². The van der Waals surface area contributed by atoms with Crippen molar-refractivity contribution in [3.8, 4) is 5.75 Å². The molecular formula is C12H9BO2S. The Morgan fingerprint density at radius 2 is 1.81 bits per heavy atom. The molecule has 4 heteroatoms. The molecule has 2 aromatic carbocycles. The maximum absolute atomic E-state index is 8.74. The quantitative estimate of drug-likeness (QED) is 0.683. The summed E-state index contributed by atoms with van der Waals surface area (Å²) in [6.07, 6.45) is 0. The molecule has 0 saturated carbocycles. The third kappa shape index (κ3) is 1.47. The zero-order chi connectivity index (χ0) is 11.0. The van der Waals surface area contributed by atoms with Crippen molar-refractivity contribution in [1.82, 2.24) is 0 Å². The van der Waals surface area contributed by atoms with E-state index in [1.54, 1.807) is 11.3 Å². The van der Waals surface area contributed by atoms with Gasteiger partial charge in [-0.1, -0.05) is 18.2 Å². The van der Waals surface area contributed by atoms with Crippen molar-refractivity contribution >= 4 is 39.2 Å². The Labute approximate surface area is 97.4 Å². The van der Waals surface area contributed by atoms with Gasteiger partial charge in [0.05, 0.1) is 0 Å². The van der Waals surface area contributed by atoms with E-state index in [1.165, 1.54) is 20.2 Å². The highest BCUT2D eigenvalue weighted by molar-refractivity contribution is 7.25. The lowest BCUT2D eigenvalue weighted by Gasteiger charge is -2.01. The number of rotatable bonds is 2. The van der Waals surface area contributed by atoms with Gasteiger partial charge < -0.3 is 9.68 Å². The molecule has 78 valence electrons. The van der Waals surface area contributed by atoms with Gasteiger partial charge >= 0.3 is 7.69 Å². The lowest BCUT2D eigenvalue weighted by molar-refractivity contribution is 0.454. The topological polar surface area (TPSA) is 29.5 Å². The van der Waals surface area contributed by atoms with Crippen LogP contribution in [-0.2, 0) is 0 Å². The molecule has 0 atom stereocenters. The van der Waals surface area contributed by atoms with Crippen LogP contribution in [0.1, 0.15) is 0 Å². The van der Waals surface area contributed by atoms with E-state index in [-0.39, 0.29) is 7.69 Å².